The molecule has 1 aromatic heterocycles. The van der Waals surface area contributed by atoms with Crippen molar-refractivity contribution in [2.75, 3.05) is 18.9 Å². The van der Waals surface area contributed by atoms with Crippen LogP contribution in [-0.4, -0.2) is 54.4 Å². The highest BCUT2D eigenvalue weighted by Gasteiger charge is 2.35. The number of hydrogen-bond donors (Lipinski definition) is 2. The highest BCUT2D eigenvalue weighted by molar-refractivity contribution is 7.91. The first-order valence-electron chi connectivity index (χ1n) is 10.4. The van der Waals surface area contributed by atoms with Crippen molar-refractivity contribution in [3.8, 4) is 17.6 Å². The molecule has 1 aliphatic heterocycles. The molecule has 0 aliphatic carbocycles. The number of nitrogens with zero attached hydrogens (tertiary/aromatic N) is 2. The van der Waals surface area contributed by atoms with E-state index in [1.165, 1.54) is 12.1 Å². The lowest BCUT2D eigenvalue weighted by Crippen LogP contribution is -2.51. The van der Waals surface area contributed by atoms with E-state index in [0.29, 0.717) is 31.7 Å². The van der Waals surface area contributed by atoms with E-state index >= 15 is 0 Å². The fourth-order valence-corrected chi connectivity index (χ4v) is 5.48. The number of nitrogens with one attached hydrogen (secondary N) is 1. The van der Waals surface area contributed by atoms with Crippen LogP contribution in [-0.2, 0) is 21.2 Å². The Morgan fingerprint density at radius 3 is 2.72 bits per heavy atom. The normalized spacial score (nSPS) is 18.9. The number of piperidine rings is 1. The highest BCUT2D eigenvalue weighted by Crippen LogP contribution is 2.28. The van der Waals surface area contributed by atoms with Crippen LogP contribution >= 0.6 is 0 Å². The van der Waals surface area contributed by atoms with Gasteiger partial charge in [0, 0.05) is 12.7 Å². The molecule has 0 spiro atoms. The van der Waals surface area contributed by atoms with Gasteiger partial charge in [0.1, 0.15) is 12.4 Å². The van der Waals surface area contributed by atoms with Gasteiger partial charge in [-0.15, -0.1) is 5.92 Å². The third-order valence-electron chi connectivity index (χ3n) is 5.45. The van der Waals surface area contributed by atoms with E-state index in [9.17, 15) is 18.4 Å². The lowest BCUT2D eigenvalue weighted by molar-refractivity contribution is -0.137. The van der Waals surface area contributed by atoms with Gasteiger partial charge in [0.2, 0.25) is 0 Å². The SMILES string of the molecule is CC#CCOc1ccc(S(=O)(=O)CC2CCN(Cc3ccccn3)C(C(=O)NO)C2)cc1. The van der Waals surface area contributed by atoms with Crippen molar-refractivity contribution in [3.63, 3.8) is 0 Å². The predicted octanol–water partition coefficient (Wildman–Crippen LogP) is 2.04. The zero-order valence-corrected chi connectivity index (χ0v) is 18.7. The van der Waals surface area contributed by atoms with Gasteiger partial charge >= 0.3 is 0 Å². The minimum absolute atomic E-state index is 0.0683. The Balaban J connectivity index is 1.66. The zero-order valence-electron chi connectivity index (χ0n) is 17.9. The van der Waals surface area contributed by atoms with Crippen LogP contribution in [0, 0.1) is 17.8 Å². The van der Waals surface area contributed by atoms with Crippen LogP contribution < -0.4 is 10.2 Å². The molecule has 1 aromatic carbocycles. The van der Waals surface area contributed by atoms with Crippen molar-refractivity contribution in [2.45, 2.75) is 37.2 Å². The minimum Gasteiger partial charge on any atom is -0.481 e. The maximum atomic E-state index is 13.0. The van der Waals surface area contributed by atoms with Crippen molar-refractivity contribution in [1.82, 2.24) is 15.4 Å². The lowest BCUT2D eigenvalue weighted by atomic mass is 9.91. The second kappa shape index (κ2) is 11.1. The molecule has 8 nitrogen and oxygen atoms in total. The van der Waals surface area contributed by atoms with Gasteiger partial charge in [-0.25, -0.2) is 13.9 Å². The number of carbonyl (C=O) groups excluding carboxylic acids is 1. The van der Waals surface area contributed by atoms with E-state index in [0.717, 1.165) is 5.69 Å². The van der Waals surface area contributed by atoms with Gasteiger partial charge < -0.3 is 4.74 Å². The zero-order chi connectivity index (χ0) is 23.0. The molecule has 2 atom stereocenters. The van der Waals surface area contributed by atoms with Crippen molar-refractivity contribution in [1.29, 1.82) is 0 Å². The molecule has 0 radical (unpaired) electrons. The van der Waals surface area contributed by atoms with Crippen molar-refractivity contribution in [2.24, 2.45) is 5.92 Å². The summed E-state index contributed by atoms with van der Waals surface area (Å²) in [6.07, 6.45) is 2.64. The maximum Gasteiger partial charge on any atom is 0.260 e. The first-order chi connectivity index (χ1) is 15.4. The molecule has 2 N–H and O–H groups in total. The van der Waals surface area contributed by atoms with Crippen molar-refractivity contribution in [3.05, 3.63) is 54.4 Å². The van der Waals surface area contributed by atoms with Crippen LogP contribution in [0.5, 0.6) is 5.75 Å². The fourth-order valence-electron chi connectivity index (χ4n) is 3.82. The predicted molar refractivity (Wildman–Crippen MR) is 119 cm³/mol. The molecule has 170 valence electrons. The number of amides is 1. The molecule has 2 aromatic rings. The molecular weight excluding hydrogens is 430 g/mol. The molecule has 0 saturated carbocycles. The molecule has 9 heteroatoms. The molecule has 0 bridgehead atoms. The summed E-state index contributed by atoms with van der Waals surface area (Å²) in [5.74, 6) is 5.24. The largest absolute Gasteiger partial charge is 0.481 e. The number of hydrogen-bond acceptors (Lipinski definition) is 7. The molecule has 1 fully saturated rings. The van der Waals surface area contributed by atoms with Gasteiger partial charge in [-0.2, -0.15) is 0 Å². The quantitative estimate of drug-likeness (QED) is 0.355. The van der Waals surface area contributed by atoms with E-state index in [1.54, 1.807) is 30.7 Å². The number of ether oxygens (including phenoxy) is 1. The molecule has 1 saturated heterocycles. The van der Waals surface area contributed by atoms with Gasteiger partial charge in [0.15, 0.2) is 9.84 Å². The summed E-state index contributed by atoms with van der Waals surface area (Å²) in [5.41, 5.74) is 2.53. The third kappa shape index (κ3) is 6.29. The summed E-state index contributed by atoms with van der Waals surface area (Å²) in [4.78, 5) is 18.7. The average Bonchev–Trinajstić information content (AvgIpc) is 2.80. The van der Waals surface area contributed by atoms with Crippen LogP contribution in [0.2, 0.25) is 0 Å². The second-order valence-electron chi connectivity index (χ2n) is 7.64. The average molecular weight is 458 g/mol. The van der Waals surface area contributed by atoms with E-state index in [4.69, 9.17) is 4.74 Å². The van der Waals surface area contributed by atoms with E-state index in [2.05, 4.69) is 16.8 Å². The van der Waals surface area contributed by atoms with Crippen molar-refractivity contribution >= 4 is 15.7 Å². The van der Waals surface area contributed by atoms with Crippen LogP contribution in [0.25, 0.3) is 0 Å². The van der Waals surface area contributed by atoms with Crippen LogP contribution in [0.15, 0.2) is 53.6 Å². The molecule has 3 rings (SSSR count). The van der Waals surface area contributed by atoms with Gasteiger partial charge in [-0.1, -0.05) is 12.0 Å². The number of rotatable bonds is 8. The third-order valence-corrected chi connectivity index (χ3v) is 7.35. The van der Waals surface area contributed by atoms with Crippen LogP contribution in [0.1, 0.15) is 25.5 Å². The van der Waals surface area contributed by atoms with Crippen molar-refractivity contribution < 1.29 is 23.2 Å². The summed E-state index contributed by atoms with van der Waals surface area (Å²) in [7, 11) is -3.54. The summed E-state index contributed by atoms with van der Waals surface area (Å²) >= 11 is 0. The Kier molecular flexibility index (Phi) is 8.22. The molecule has 32 heavy (non-hydrogen) atoms. The number of likely N-dealkylation sites (tertiary alicyclic amines) is 1. The van der Waals surface area contributed by atoms with Gasteiger partial charge in [-0.05, 0) is 68.6 Å². The van der Waals surface area contributed by atoms with E-state index in [1.807, 2.05) is 23.1 Å². The van der Waals surface area contributed by atoms with Gasteiger partial charge in [-0.3, -0.25) is 19.9 Å². The standard InChI is InChI=1S/C23H27N3O5S/c1-2-3-14-31-20-7-9-21(10-8-20)32(29,30)17-18-11-13-26(22(15-18)23(27)25-28)16-19-6-4-5-12-24-19/h4-10,12,18,22,28H,11,13-17H2,1H3,(H,25,27). The Morgan fingerprint density at radius 1 is 1.28 bits per heavy atom. The summed E-state index contributed by atoms with van der Waals surface area (Å²) < 4.78 is 31.3. The highest BCUT2D eigenvalue weighted by atomic mass is 32.2. The summed E-state index contributed by atoms with van der Waals surface area (Å²) in [5, 5.41) is 9.19. The van der Waals surface area contributed by atoms with E-state index in [-0.39, 0.29) is 23.2 Å². The van der Waals surface area contributed by atoms with Gasteiger partial charge in [0.05, 0.1) is 22.4 Å². The Hall–Kier alpha value is -2.93. The smallest absolute Gasteiger partial charge is 0.260 e. The molecule has 2 unspecified atom stereocenters. The van der Waals surface area contributed by atoms with Crippen LogP contribution in [0.4, 0.5) is 0 Å². The fraction of sp³-hybridized carbons (Fsp3) is 0.391. The molecule has 1 amide bonds. The topological polar surface area (TPSA) is 109 Å². The number of pyridine rings is 1. The molecule has 1 aliphatic rings. The minimum atomic E-state index is -3.54. The Labute approximate surface area is 188 Å². The molecule has 2 heterocycles. The first-order valence-corrected chi connectivity index (χ1v) is 12.0. The van der Waals surface area contributed by atoms with Gasteiger partial charge in [0.25, 0.3) is 5.91 Å². The number of sulfone groups is 1. The summed E-state index contributed by atoms with van der Waals surface area (Å²) in [6, 6.07) is 11.2. The second-order valence-corrected chi connectivity index (χ2v) is 9.68. The monoisotopic (exact) mass is 457 g/mol. The Bertz CT molecular complexity index is 1060. The number of benzene rings is 1. The lowest BCUT2D eigenvalue weighted by Gasteiger charge is -2.37. The maximum absolute atomic E-state index is 13.0. The molecular formula is C23H27N3O5S. The van der Waals surface area contributed by atoms with Crippen LogP contribution in [0.3, 0.4) is 0 Å². The Morgan fingerprint density at radius 2 is 2.06 bits per heavy atom. The number of carbonyl (C=O) groups is 1. The number of aromatic nitrogens is 1. The summed E-state index contributed by atoms with van der Waals surface area (Å²) in [6.45, 7) is 2.94. The first kappa shape index (κ1) is 23.7. The number of hydroxylamine groups is 1. The van der Waals surface area contributed by atoms with E-state index < -0.39 is 21.8 Å².